The van der Waals surface area contributed by atoms with Crippen molar-refractivity contribution < 1.29 is 23.1 Å². The second-order valence-corrected chi connectivity index (χ2v) is 5.80. The molecule has 6 heteroatoms. The first-order valence-electron chi connectivity index (χ1n) is 5.44. The van der Waals surface area contributed by atoms with E-state index < -0.39 is 24.9 Å². The molecule has 2 N–H and O–H groups in total. The average Bonchev–Trinajstić information content (AvgIpc) is 2.27. The van der Waals surface area contributed by atoms with E-state index in [9.17, 15) is 23.1 Å². The molecule has 0 heterocycles. The van der Waals surface area contributed by atoms with Gasteiger partial charge in [0, 0.05) is 0 Å². The van der Waals surface area contributed by atoms with E-state index in [1.165, 1.54) is 36.4 Å². The molecule has 0 amide bonds. The first kappa shape index (κ1) is 13.9. The number of rotatable bonds is 3. The van der Waals surface area contributed by atoms with Crippen LogP contribution in [0.1, 0.15) is 16.8 Å². The van der Waals surface area contributed by atoms with Gasteiger partial charge in [0.15, 0.2) is 0 Å². The molecular formula is C13H11F2O3P. The zero-order valence-electron chi connectivity index (χ0n) is 9.70. The van der Waals surface area contributed by atoms with Crippen LogP contribution in [0, 0.1) is 11.6 Å². The Bertz CT molecular complexity index is 594. The third-order valence-electron chi connectivity index (χ3n) is 2.67. The van der Waals surface area contributed by atoms with Gasteiger partial charge in [-0.05, 0) is 35.4 Å². The zero-order valence-corrected chi connectivity index (χ0v) is 10.6. The summed E-state index contributed by atoms with van der Waals surface area (Å²) in [6.07, 6.45) is 0. The van der Waals surface area contributed by atoms with E-state index in [0.717, 1.165) is 12.1 Å². The standard InChI is InChI=1S/C13H11F2O3P/c14-11-5-1-3-9(7-11)13(19(16,17)18)10-4-2-6-12(15)8-10/h1-8,13H,(H2,16,17,18). The Kier molecular flexibility index (Phi) is 3.80. The minimum Gasteiger partial charge on any atom is -0.324 e. The van der Waals surface area contributed by atoms with Gasteiger partial charge in [-0.25, -0.2) is 8.78 Å². The summed E-state index contributed by atoms with van der Waals surface area (Å²) in [7, 11) is -4.59. The highest BCUT2D eigenvalue weighted by atomic mass is 31.2. The third kappa shape index (κ3) is 3.26. The predicted molar refractivity (Wildman–Crippen MR) is 66.7 cm³/mol. The molecule has 3 nitrogen and oxygen atoms in total. The summed E-state index contributed by atoms with van der Waals surface area (Å²) in [5.41, 5.74) is -1.16. The van der Waals surface area contributed by atoms with Crippen LogP contribution in [0.5, 0.6) is 0 Å². The van der Waals surface area contributed by atoms with Gasteiger partial charge in [0.05, 0.1) is 0 Å². The average molecular weight is 284 g/mol. The molecular weight excluding hydrogens is 273 g/mol. The van der Waals surface area contributed by atoms with Crippen molar-refractivity contribution in [1.29, 1.82) is 0 Å². The van der Waals surface area contributed by atoms with Crippen molar-refractivity contribution in [3.8, 4) is 0 Å². The summed E-state index contributed by atoms with van der Waals surface area (Å²) >= 11 is 0. The van der Waals surface area contributed by atoms with Gasteiger partial charge >= 0.3 is 7.60 Å². The maximum atomic E-state index is 13.2. The maximum Gasteiger partial charge on any atom is 0.337 e. The van der Waals surface area contributed by atoms with Gasteiger partial charge in [0.25, 0.3) is 0 Å². The Labute approximate surface area is 108 Å². The van der Waals surface area contributed by atoms with E-state index in [1.807, 2.05) is 0 Å². The lowest BCUT2D eigenvalue weighted by Gasteiger charge is -2.19. The molecule has 0 fully saturated rings. The molecule has 0 aromatic heterocycles. The van der Waals surface area contributed by atoms with Gasteiger partial charge in [0.1, 0.15) is 17.3 Å². The lowest BCUT2D eigenvalue weighted by Crippen LogP contribution is -2.03. The van der Waals surface area contributed by atoms with Crippen molar-refractivity contribution in [2.45, 2.75) is 5.66 Å². The fraction of sp³-hybridized carbons (Fsp3) is 0.0769. The van der Waals surface area contributed by atoms with Gasteiger partial charge in [-0.3, -0.25) is 4.57 Å². The summed E-state index contributed by atoms with van der Waals surface area (Å²) in [6.45, 7) is 0. The molecule has 0 unspecified atom stereocenters. The van der Waals surface area contributed by atoms with Crippen LogP contribution in [0.15, 0.2) is 48.5 Å². The van der Waals surface area contributed by atoms with Crippen LogP contribution in [0.2, 0.25) is 0 Å². The minimum atomic E-state index is -4.59. The van der Waals surface area contributed by atoms with Crippen LogP contribution in [0.3, 0.4) is 0 Å². The molecule has 2 rings (SSSR count). The van der Waals surface area contributed by atoms with Crippen LogP contribution in [-0.2, 0) is 4.57 Å². The largest absolute Gasteiger partial charge is 0.337 e. The molecule has 0 aliphatic rings. The molecule has 0 saturated heterocycles. The van der Waals surface area contributed by atoms with Crippen LogP contribution in [-0.4, -0.2) is 9.79 Å². The Balaban J connectivity index is 2.58. The quantitative estimate of drug-likeness (QED) is 0.851. The van der Waals surface area contributed by atoms with E-state index >= 15 is 0 Å². The maximum absolute atomic E-state index is 13.2. The molecule has 0 radical (unpaired) electrons. The number of hydrogen-bond donors (Lipinski definition) is 2. The Hall–Kier alpha value is -1.55. The highest BCUT2D eigenvalue weighted by Crippen LogP contribution is 2.55. The first-order chi connectivity index (χ1) is 8.88. The Morgan fingerprint density at radius 1 is 0.895 bits per heavy atom. The number of benzene rings is 2. The highest BCUT2D eigenvalue weighted by molar-refractivity contribution is 7.52. The molecule has 100 valence electrons. The third-order valence-corrected chi connectivity index (χ3v) is 3.93. The number of hydrogen-bond acceptors (Lipinski definition) is 1. The van der Waals surface area contributed by atoms with E-state index in [-0.39, 0.29) is 11.1 Å². The monoisotopic (exact) mass is 284 g/mol. The number of halogens is 2. The van der Waals surface area contributed by atoms with Crippen molar-refractivity contribution in [2.24, 2.45) is 0 Å². The topological polar surface area (TPSA) is 57.5 Å². The summed E-state index contributed by atoms with van der Waals surface area (Å²) in [6, 6.07) is 9.93. The van der Waals surface area contributed by atoms with Gasteiger partial charge in [-0.2, -0.15) is 0 Å². The minimum absolute atomic E-state index is 0.110. The Morgan fingerprint density at radius 3 is 1.63 bits per heavy atom. The normalized spacial score (nSPS) is 11.8. The van der Waals surface area contributed by atoms with Crippen molar-refractivity contribution >= 4 is 7.60 Å². The van der Waals surface area contributed by atoms with Crippen molar-refractivity contribution in [1.82, 2.24) is 0 Å². The molecule has 0 atom stereocenters. The summed E-state index contributed by atoms with van der Waals surface area (Å²) in [4.78, 5) is 18.9. The summed E-state index contributed by atoms with van der Waals surface area (Å²) < 4.78 is 38.0. The summed E-state index contributed by atoms with van der Waals surface area (Å²) in [5, 5.41) is 0. The van der Waals surface area contributed by atoms with Crippen LogP contribution in [0.25, 0.3) is 0 Å². The van der Waals surface area contributed by atoms with Crippen LogP contribution < -0.4 is 0 Å². The highest BCUT2D eigenvalue weighted by Gasteiger charge is 2.32. The molecule has 0 bridgehead atoms. The van der Waals surface area contributed by atoms with Crippen molar-refractivity contribution in [3.63, 3.8) is 0 Å². The molecule has 2 aromatic rings. The predicted octanol–water partition coefficient (Wildman–Crippen LogP) is 3.23. The van der Waals surface area contributed by atoms with Gasteiger partial charge < -0.3 is 9.79 Å². The van der Waals surface area contributed by atoms with E-state index in [4.69, 9.17) is 0 Å². The molecule has 0 saturated carbocycles. The lowest BCUT2D eigenvalue weighted by atomic mass is 10.0. The van der Waals surface area contributed by atoms with E-state index in [2.05, 4.69) is 0 Å². The van der Waals surface area contributed by atoms with Crippen LogP contribution in [0.4, 0.5) is 8.78 Å². The second-order valence-electron chi connectivity index (χ2n) is 4.10. The smallest absolute Gasteiger partial charge is 0.324 e. The lowest BCUT2D eigenvalue weighted by molar-refractivity contribution is 0.364. The fourth-order valence-electron chi connectivity index (χ4n) is 1.93. The Morgan fingerprint density at radius 2 is 1.32 bits per heavy atom. The molecule has 2 aromatic carbocycles. The first-order valence-corrected chi connectivity index (χ1v) is 7.12. The zero-order chi connectivity index (χ0) is 14.0. The molecule has 0 spiro atoms. The van der Waals surface area contributed by atoms with Gasteiger partial charge in [-0.1, -0.05) is 24.3 Å². The fourth-order valence-corrected chi connectivity index (χ4v) is 3.03. The van der Waals surface area contributed by atoms with E-state index in [1.54, 1.807) is 0 Å². The van der Waals surface area contributed by atoms with Crippen molar-refractivity contribution in [2.75, 3.05) is 0 Å². The molecule has 0 aliphatic carbocycles. The van der Waals surface area contributed by atoms with Crippen LogP contribution >= 0.6 is 7.60 Å². The SMILES string of the molecule is O=P(O)(O)C(c1cccc(F)c1)c1cccc(F)c1. The molecule has 0 aliphatic heterocycles. The van der Waals surface area contributed by atoms with E-state index in [0.29, 0.717) is 0 Å². The van der Waals surface area contributed by atoms with Gasteiger partial charge in [-0.15, -0.1) is 0 Å². The summed E-state index contributed by atoms with van der Waals surface area (Å²) in [5.74, 6) is -1.21. The molecule has 19 heavy (non-hydrogen) atoms. The second kappa shape index (κ2) is 5.21. The van der Waals surface area contributed by atoms with Crippen molar-refractivity contribution in [3.05, 3.63) is 71.3 Å². The van der Waals surface area contributed by atoms with Gasteiger partial charge in [0.2, 0.25) is 0 Å².